The van der Waals surface area contributed by atoms with Crippen LogP contribution in [0.15, 0.2) is 23.2 Å². The minimum atomic E-state index is -0.331. The average molecular weight is 374 g/mol. The number of halogens is 2. The lowest BCUT2D eigenvalue weighted by Gasteiger charge is -2.27. The van der Waals surface area contributed by atoms with Crippen molar-refractivity contribution in [1.29, 1.82) is 0 Å². The Hall–Kier alpha value is -1.37. The van der Waals surface area contributed by atoms with E-state index in [1.807, 2.05) is 0 Å². The molecule has 1 rings (SSSR count). The number of rotatable bonds is 10. The molecule has 5 nitrogen and oxygen atoms in total. The van der Waals surface area contributed by atoms with Gasteiger partial charge in [-0.2, -0.15) is 0 Å². The van der Waals surface area contributed by atoms with E-state index in [1.54, 1.807) is 20.2 Å². The van der Waals surface area contributed by atoms with Crippen molar-refractivity contribution < 1.29 is 13.9 Å². The SMILES string of the molecule is CN=C(NCCCOCCOC)NCC(C)(C)c1ccc(F)cc1Cl. The lowest BCUT2D eigenvalue weighted by atomic mass is 9.84. The van der Waals surface area contributed by atoms with Crippen molar-refractivity contribution in [1.82, 2.24) is 10.6 Å². The summed E-state index contributed by atoms with van der Waals surface area (Å²) in [5.41, 5.74) is 0.621. The predicted molar refractivity (Wildman–Crippen MR) is 101 cm³/mol. The van der Waals surface area contributed by atoms with Crippen molar-refractivity contribution >= 4 is 17.6 Å². The highest BCUT2D eigenvalue weighted by Crippen LogP contribution is 2.29. The minimum Gasteiger partial charge on any atom is -0.382 e. The summed E-state index contributed by atoms with van der Waals surface area (Å²) in [6.45, 7) is 7.36. The second-order valence-corrected chi connectivity index (χ2v) is 6.73. The molecule has 0 saturated carbocycles. The van der Waals surface area contributed by atoms with Crippen LogP contribution in [0.1, 0.15) is 25.8 Å². The zero-order valence-electron chi connectivity index (χ0n) is 15.5. The molecule has 25 heavy (non-hydrogen) atoms. The average Bonchev–Trinajstić information content (AvgIpc) is 2.56. The van der Waals surface area contributed by atoms with Gasteiger partial charge in [-0.05, 0) is 24.1 Å². The highest BCUT2D eigenvalue weighted by Gasteiger charge is 2.24. The van der Waals surface area contributed by atoms with Crippen LogP contribution in [0.3, 0.4) is 0 Å². The van der Waals surface area contributed by atoms with Gasteiger partial charge in [0.25, 0.3) is 0 Å². The second-order valence-electron chi connectivity index (χ2n) is 6.32. The largest absolute Gasteiger partial charge is 0.382 e. The Kier molecular flexibility index (Phi) is 9.78. The normalized spacial score (nSPS) is 12.3. The highest BCUT2D eigenvalue weighted by molar-refractivity contribution is 6.31. The van der Waals surface area contributed by atoms with Gasteiger partial charge in [0.2, 0.25) is 0 Å². The van der Waals surface area contributed by atoms with Crippen molar-refractivity contribution in [2.75, 3.05) is 47.1 Å². The van der Waals surface area contributed by atoms with Crippen LogP contribution >= 0.6 is 11.6 Å². The van der Waals surface area contributed by atoms with E-state index in [2.05, 4.69) is 29.5 Å². The summed E-state index contributed by atoms with van der Waals surface area (Å²) in [4.78, 5) is 4.21. The third-order valence-corrected chi connectivity index (χ3v) is 4.08. The minimum absolute atomic E-state index is 0.272. The molecule has 0 radical (unpaired) electrons. The fourth-order valence-electron chi connectivity index (χ4n) is 2.28. The highest BCUT2D eigenvalue weighted by atomic mass is 35.5. The molecule has 0 saturated heterocycles. The van der Waals surface area contributed by atoms with Crippen molar-refractivity contribution in [2.24, 2.45) is 4.99 Å². The van der Waals surface area contributed by atoms with Gasteiger partial charge in [-0.25, -0.2) is 4.39 Å². The molecule has 7 heteroatoms. The Bertz CT molecular complexity index is 553. The molecule has 1 aromatic carbocycles. The zero-order chi connectivity index (χ0) is 18.7. The molecule has 0 unspecified atom stereocenters. The Balaban J connectivity index is 2.40. The molecule has 0 aromatic heterocycles. The summed E-state index contributed by atoms with van der Waals surface area (Å²) >= 11 is 6.18. The lowest BCUT2D eigenvalue weighted by Crippen LogP contribution is -2.44. The maximum Gasteiger partial charge on any atom is 0.191 e. The topological polar surface area (TPSA) is 54.9 Å². The van der Waals surface area contributed by atoms with Crippen LogP contribution < -0.4 is 10.6 Å². The van der Waals surface area contributed by atoms with Gasteiger partial charge in [-0.15, -0.1) is 0 Å². The van der Waals surface area contributed by atoms with E-state index in [9.17, 15) is 4.39 Å². The number of nitrogens with zero attached hydrogens (tertiary/aromatic N) is 1. The third kappa shape index (κ3) is 8.03. The number of hydrogen-bond donors (Lipinski definition) is 2. The zero-order valence-corrected chi connectivity index (χ0v) is 16.3. The molecule has 0 heterocycles. The van der Waals surface area contributed by atoms with Crippen molar-refractivity contribution in [2.45, 2.75) is 25.7 Å². The van der Waals surface area contributed by atoms with E-state index in [1.165, 1.54) is 12.1 Å². The number of guanidine groups is 1. The summed E-state index contributed by atoms with van der Waals surface area (Å²) in [7, 11) is 3.38. The fourth-order valence-corrected chi connectivity index (χ4v) is 2.71. The molecule has 0 aliphatic heterocycles. The number of methoxy groups -OCH3 is 1. The van der Waals surface area contributed by atoms with E-state index in [0.717, 1.165) is 18.5 Å². The molecule has 0 amide bonds. The first-order chi connectivity index (χ1) is 11.9. The van der Waals surface area contributed by atoms with E-state index in [0.29, 0.717) is 37.3 Å². The van der Waals surface area contributed by atoms with Crippen molar-refractivity contribution in [3.05, 3.63) is 34.6 Å². The summed E-state index contributed by atoms with van der Waals surface area (Å²) in [6.07, 6.45) is 0.873. The van der Waals surface area contributed by atoms with Gasteiger partial charge < -0.3 is 20.1 Å². The number of ether oxygens (including phenoxy) is 2. The Morgan fingerprint density at radius 3 is 2.64 bits per heavy atom. The van der Waals surface area contributed by atoms with Crippen molar-refractivity contribution in [3.8, 4) is 0 Å². The molecule has 0 fully saturated rings. The van der Waals surface area contributed by atoms with Gasteiger partial charge in [0.1, 0.15) is 5.82 Å². The van der Waals surface area contributed by atoms with Crippen LogP contribution in [0.2, 0.25) is 5.02 Å². The molecular weight excluding hydrogens is 345 g/mol. The van der Waals surface area contributed by atoms with Crippen LogP contribution in [-0.2, 0) is 14.9 Å². The Morgan fingerprint density at radius 1 is 1.24 bits per heavy atom. The third-order valence-electron chi connectivity index (χ3n) is 3.77. The Labute approximate surface area is 155 Å². The molecular formula is C18H29ClFN3O2. The smallest absolute Gasteiger partial charge is 0.191 e. The number of aliphatic imine (C=N–C) groups is 1. The number of hydrogen-bond acceptors (Lipinski definition) is 3. The molecule has 142 valence electrons. The summed E-state index contributed by atoms with van der Waals surface area (Å²) in [5.74, 6) is 0.380. The first-order valence-corrected chi connectivity index (χ1v) is 8.75. The van der Waals surface area contributed by atoms with Crippen LogP contribution in [0.4, 0.5) is 4.39 Å². The van der Waals surface area contributed by atoms with Gasteiger partial charge in [0.05, 0.1) is 13.2 Å². The lowest BCUT2D eigenvalue weighted by molar-refractivity contribution is 0.0698. The van der Waals surface area contributed by atoms with Crippen LogP contribution in [-0.4, -0.2) is 53.0 Å². The first kappa shape index (κ1) is 21.7. The van der Waals surface area contributed by atoms with Gasteiger partial charge in [0.15, 0.2) is 5.96 Å². The van der Waals surface area contributed by atoms with Crippen LogP contribution in [0.25, 0.3) is 0 Å². The van der Waals surface area contributed by atoms with Gasteiger partial charge in [-0.3, -0.25) is 4.99 Å². The number of benzene rings is 1. The van der Waals surface area contributed by atoms with Gasteiger partial charge in [-0.1, -0.05) is 31.5 Å². The molecule has 0 bridgehead atoms. The maximum atomic E-state index is 13.2. The monoisotopic (exact) mass is 373 g/mol. The van der Waals surface area contributed by atoms with E-state index in [4.69, 9.17) is 21.1 Å². The predicted octanol–water partition coefficient (Wildman–Crippen LogP) is 2.97. The molecule has 1 aromatic rings. The maximum absolute atomic E-state index is 13.2. The first-order valence-electron chi connectivity index (χ1n) is 8.37. The van der Waals surface area contributed by atoms with Gasteiger partial charge in [0, 0.05) is 44.3 Å². The molecule has 0 aliphatic carbocycles. The van der Waals surface area contributed by atoms with Gasteiger partial charge >= 0.3 is 0 Å². The fraction of sp³-hybridized carbons (Fsp3) is 0.611. The van der Waals surface area contributed by atoms with E-state index >= 15 is 0 Å². The molecule has 0 spiro atoms. The standard InChI is InChI=1S/C18H29ClFN3O2/c1-18(2,15-7-6-14(20)12-16(15)19)13-23-17(21-3)22-8-5-9-25-11-10-24-4/h6-7,12H,5,8-11,13H2,1-4H3,(H2,21,22,23). The second kappa shape index (κ2) is 11.3. The van der Waals surface area contributed by atoms with E-state index < -0.39 is 0 Å². The summed E-state index contributed by atoms with van der Waals surface area (Å²) < 4.78 is 23.6. The summed E-state index contributed by atoms with van der Waals surface area (Å²) in [5, 5.41) is 6.96. The van der Waals surface area contributed by atoms with Crippen LogP contribution in [0, 0.1) is 5.82 Å². The van der Waals surface area contributed by atoms with Crippen molar-refractivity contribution in [3.63, 3.8) is 0 Å². The Morgan fingerprint density at radius 2 is 2.00 bits per heavy atom. The molecule has 0 atom stereocenters. The molecule has 2 N–H and O–H groups in total. The van der Waals surface area contributed by atoms with E-state index in [-0.39, 0.29) is 11.2 Å². The number of nitrogens with one attached hydrogen (secondary N) is 2. The summed E-state index contributed by atoms with van der Waals surface area (Å²) in [6, 6.07) is 4.50. The van der Waals surface area contributed by atoms with Crippen LogP contribution in [0.5, 0.6) is 0 Å². The quantitative estimate of drug-likeness (QED) is 0.376. The molecule has 0 aliphatic rings.